The number of aryl methyl sites for hydroxylation is 1. The van der Waals surface area contributed by atoms with Crippen LogP contribution in [0.5, 0.6) is 0 Å². The molecule has 1 saturated heterocycles. The molecule has 134 valence electrons. The van der Waals surface area contributed by atoms with Gasteiger partial charge in [0.05, 0.1) is 16.9 Å². The van der Waals surface area contributed by atoms with Crippen LogP contribution in [0, 0.1) is 6.92 Å². The number of aromatic nitrogens is 2. The SMILES string of the molecule is Cc1nc(N2CCCC2)ccc1NS(=O)(=O)c1cnc2ccccc2c1. The molecule has 1 aliphatic rings. The normalized spacial score (nSPS) is 14.7. The molecular weight excluding hydrogens is 348 g/mol. The molecular formula is C19H20N4O2S. The fourth-order valence-corrected chi connectivity index (χ4v) is 4.28. The van der Waals surface area contributed by atoms with Crippen LogP contribution in [0.2, 0.25) is 0 Å². The smallest absolute Gasteiger partial charge is 0.263 e. The minimum atomic E-state index is -3.73. The molecule has 0 amide bonds. The maximum atomic E-state index is 12.7. The number of nitrogens with one attached hydrogen (secondary N) is 1. The minimum Gasteiger partial charge on any atom is -0.357 e. The lowest BCUT2D eigenvalue weighted by Gasteiger charge is -2.18. The molecule has 0 bridgehead atoms. The molecule has 0 saturated carbocycles. The molecule has 26 heavy (non-hydrogen) atoms. The molecule has 3 heterocycles. The fourth-order valence-electron chi connectivity index (χ4n) is 3.18. The minimum absolute atomic E-state index is 0.138. The van der Waals surface area contributed by atoms with Crippen LogP contribution in [0.4, 0.5) is 11.5 Å². The van der Waals surface area contributed by atoms with E-state index >= 15 is 0 Å². The van der Waals surface area contributed by atoms with Crippen LogP contribution >= 0.6 is 0 Å². The second kappa shape index (κ2) is 6.57. The van der Waals surface area contributed by atoms with Crippen LogP contribution in [0.25, 0.3) is 10.9 Å². The first-order valence-corrected chi connectivity index (χ1v) is 10.1. The quantitative estimate of drug-likeness (QED) is 0.764. The van der Waals surface area contributed by atoms with Crippen molar-refractivity contribution < 1.29 is 8.42 Å². The summed E-state index contributed by atoms with van der Waals surface area (Å²) in [5.41, 5.74) is 1.91. The Morgan fingerprint density at radius 2 is 1.85 bits per heavy atom. The first-order chi connectivity index (χ1) is 12.5. The Kier molecular flexibility index (Phi) is 4.24. The number of fused-ring (bicyclic) bond motifs is 1. The number of hydrogen-bond donors (Lipinski definition) is 1. The van der Waals surface area contributed by atoms with Crippen LogP contribution < -0.4 is 9.62 Å². The molecule has 1 aliphatic heterocycles. The van der Waals surface area contributed by atoms with Crippen molar-refractivity contribution in [1.82, 2.24) is 9.97 Å². The van der Waals surface area contributed by atoms with E-state index in [0.717, 1.165) is 29.8 Å². The lowest BCUT2D eigenvalue weighted by molar-refractivity contribution is 0.601. The van der Waals surface area contributed by atoms with E-state index in [-0.39, 0.29) is 4.90 Å². The van der Waals surface area contributed by atoms with E-state index in [9.17, 15) is 8.42 Å². The van der Waals surface area contributed by atoms with Gasteiger partial charge in [0.15, 0.2) is 0 Å². The topological polar surface area (TPSA) is 75.2 Å². The van der Waals surface area contributed by atoms with Crippen molar-refractivity contribution in [3.63, 3.8) is 0 Å². The standard InChI is InChI=1S/C19H20N4O2S/c1-14-17(8-9-19(21-14)23-10-4-5-11-23)22-26(24,25)16-12-15-6-2-3-7-18(15)20-13-16/h2-3,6-9,12-13,22H,4-5,10-11H2,1H3. The summed E-state index contributed by atoms with van der Waals surface area (Å²) >= 11 is 0. The van der Waals surface area contributed by atoms with Gasteiger partial charge < -0.3 is 4.90 Å². The highest BCUT2D eigenvalue weighted by atomic mass is 32.2. The van der Waals surface area contributed by atoms with E-state index in [1.807, 2.05) is 37.3 Å². The highest BCUT2D eigenvalue weighted by molar-refractivity contribution is 7.92. The van der Waals surface area contributed by atoms with E-state index in [1.54, 1.807) is 12.1 Å². The molecule has 1 fully saturated rings. The van der Waals surface area contributed by atoms with Gasteiger partial charge >= 0.3 is 0 Å². The molecule has 0 spiro atoms. The molecule has 0 radical (unpaired) electrons. The van der Waals surface area contributed by atoms with E-state index in [1.165, 1.54) is 19.0 Å². The van der Waals surface area contributed by atoms with Crippen molar-refractivity contribution in [3.05, 3.63) is 54.4 Å². The maximum absolute atomic E-state index is 12.7. The first kappa shape index (κ1) is 16.8. The predicted molar refractivity (Wildman–Crippen MR) is 103 cm³/mol. The van der Waals surface area contributed by atoms with Crippen molar-refractivity contribution in [2.24, 2.45) is 0 Å². The second-order valence-electron chi connectivity index (χ2n) is 6.47. The number of benzene rings is 1. The molecule has 1 N–H and O–H groups in total. The Morgan fingerprint density at radius 1 is 1.08 bits per heavy atom. The molecule has 3 aromatic rings. The number of rotatable bonds is 4. The lowest BCUT2D eigenvalue weighted by Crippen LogP contribution is -2.20. The third-order valence-electron chi connectivity index (χ3n) is 4.62. The maximum Gasteiger partial charge on any atom is 0.263 e. The van der Waals surface area contributed by atoms with E-state index < -0.39 is 10.0 Å². The fraction of sp³-hybridized carbons (Fsp3) is 0.263. The van der Waals surface area contributed by atoms with Gasteiger partial charge in [0.25, 0.3) is 10.0 Å². The highest BCUT2D eigenvalue weighted by Crippen LogP contribution is 2.24. The molecule has 6 nitrogen and oxygen atoms in total. The molecule has 0 aliphatic carbocycles. The number of nitrogens with zero attached hydrogens (tertiary/aromatic N) is 3. The van der Waals surface area contributed by atoms with E-state index in [4.69, 9.17) is 0 Å². The summed E-state index contributed by atoms with van der Waals surface area (Å²) in [6, 6.07) is 12.7. The zero-order valence-electron chi connectivity index (χ0n) is 14.5. The van der Waals surface area contributed by atoms with Crippen LogP contribution in [-0.2, 0) is 10.0 Å². The largest absolute Gasteiger partial charge is 0.357 e. The van der Waals surface area contributed by atoms with Crippen LogP contribution in [0.3, 0.4) is 0 Å². The lowest BCUT2D eigenvalue weighted by atomic mass is 10.2. The zero-order chi connectivity index (χ0) is 18.1. The molecule has 7 heteroatoms. The summed E-state index contributed by atoms with van der Waals surface area (Å²) in [5.74, 6) is 0.898. The molecule has 1 aromatic carbocycles. The van der Waals surface area contributed by atoms with Crippen molar-refractivity contribution in [3.8, 4) is 0 Å². The molecule has 0 unspecified atom stereocenters. The Balaban J connectivity index is 1.62. The number of anilines is 2. The monoisotopic (exact) mass is 368 g/mol. The van der Waals surface area contributed by atoms with Gasteiger partial charge in [-0.05, 0) is 44.0 Å². The summed E-state index contributed by atoms with van der Waals surface area (Å²) in [4.78, 5) is 11.2. The van der Waals surface area contributed by atoms with Gasteiger partial charge in [-0.2, -0.15) is 0 Å². The summed E-state index contributed by atoms with van der Waals surface area (Å²) < 4.78 is 28.1. The number of hydrogen-bond acceptors (Lipinski definition) is 5. The van der Waals surface area contributed by atoms with Gasteiger partial charge in [-0.3, -0.25) is 9.71 Å². The molecule has 4 rings (SSSR count). The Hall–Kier alpha value is -2.67. The molecule has 0 atom stereocenters. The summed E-state index contributed by atoms with van der Waals surface area (Å²) in [7, 11) is -3.73. The second-order valence-corrected chi connectivity index (χ2v) is 8.15. The van der Waals surface area contributed by atoms with E-state index in [2.05, 4.69) is 19.6 Å². The Bertz CT molecular complexity index is 1060. The third kappa shape index (κ3) is 3.22. The van der Waals surface area contributed by atoms with Gasteiger partial charge in [0.1, 0.15) is 10.7 Å². The van der Waals surface area contributed by atoms with Crippen molar-refractivity contribution in [1.29, 1.82) is 0 Å². The third-order valence-corrected chi connectivity index (χ3v) is 5.95. The van der Waals surface area contributed by atoms with Crippen molar-refractivity contribution in [2.45, 2.75) is 24.7 Å². The average Bonchev–Trinajstić information content (AvgIpc) is 3.17. The summed E-state index contributed by atoms with van der Waals surface area (Å²) in [6.07, 6.45) is 3.72. The van der Waals surface area contributed by atoms with Gasteiger partial charge in [0.2, 0.25) is 0 Å². The van der Waals surface area contributed by atoms with Crippen LogP contribution in [0.1, 0.15) is 18.5 Å². The van der Waals surface area contributed by atoms with Crippen molar-refractivity contribution >= 4 is 32.4 Å². The van der Waals surface area contributed by atoms with E-state index in [0.29, 0.717) is 11.4 Å². The summed E-state index contributed by atoms with van der Waals surface area (Å²) in [6.45, 7) is 3.82. The average molecular weight is 368 g/mol. The van der Waals surface area contributed by atoms with Crippen LogP contribution in [0.15, 0.2) is 53.6 Å². The molecule has 2 aromatic heterocycles. The first-order valence-electron chi connectivity index (χ1n) is 8.63. The van der Waals surface area contributed by atoms with Crippen LogP contribution in [-0.4, -0.2) is 31.5 Å². The zero-order valence-corrected chi connectivity index (χ0v) is 15.3. The Morgan fingerprint density at radius 3 is 2.62 bits per heavy atom. The summed E-state index contributed by atoms with van der Waals surface area (Å²) in [5, 5.41) is 0.787. The van der Waals surface area contributed by atoms with Gasteiger partial charge in [-0.1, -0.05) is 18.2 Å². The Labute approximate surface area is 152 Å². The van der Waals surface area contributed by atoms with Gasteiger partial charge in [0, 0.05) is 24.7 Å². The van der Waals surface area contributed by atoms with Crippen molar-refractivity contribution in [2.75, 3.05) is 22.7 Å². The predicted octanol–water partition coefficient (Wildman–Crippen LogP) is 3.34. The van der Waals surface area contributed by atoms with Gasteiger partial charge in [-0.15, -0.1) is 0 Å². The number of sulfonamides is 1. The number of para-hydroxylation sites is 1. The highest BCUT2D eigenvalue weighted by Gasteiger charge is 2.19. The number of pyridine rings is 2. The van der Waals surface area contributed by atoms with Gasteiger partial charge in [-0.25, -0.2) is 13.4 Å².